The smallest absolute Gasteiger partial charge is 0.150 e. The van der Waals surface area contributed by atoms with E-state index < -0.39 is 0 Å². The van der Waals surface area contributed by atoms with Crippen LogP contribution in [0.5, 0.6) is 0 Å². The molecule has 0 aliphatic heterocycles. The molecule has 4 nitrogen and oxygen atoms in total. The molecule has 0 aromatic heterocycles. The van der Waals surface area contributed by atoms with Crippen LogP contribution in [0.1, 0.15) is 59.3 Å². The number of hydrogen-bond donors (Lipinski definition) is 2. The van der Waals surface area contributed by atoms with Gasteiger partial charge in [0.25, 0.3) is 0 Å². The van der Waals surface area contributed by atoms with Crippen molar-refractivity contribution < 1.29 is 4.79 Å². The van der Waals surface area contributed by atoms with Gasteiger partial charge < -0.3 is 10.7 Å². The van der Waals surface area contributed by atoms with E-state index in [1.807, 2.05) is 32.0 Å². The van der Waals surface area contributed by atoms with Gasteiger partial charge in [-0.05, 0) is 53.6 Å². The third-order valence-corrected chi connectivity index (χ3v) is 4.85. The Morgan fingerprint density at radius 3 is 2.28 bits per heavy atom. The van der Waals surface area contributed by atoms with Gasteiger partial charge in [-0.15, -0.1) is 0 Å². The second kappa shape index (κ2) is 6.89. The Labute approximate surface area is 150 Å². The summed E-state index contributed by atoms with van der Waals surface area (Å²) in [6.45, 7) is 10.6. The number of aryl methyl sites for hydroxylation is 1. The maximum absolute atomic E-state index is 11.4. The van der Waals surface area contributed by atoms with Crippen molar-refractivity contribution in [1.82, 2.24) is 0 Å². The largest absolute Gasteiger partial charge is 0.397 e. The Kier molecular flexibility index (Phi) is 5.23. The Bertz CT molecular complexity index is 788. The molecule has 134 valence electrons. The lowest BCUT2D eigenvalue weighted by atomic mass is 9.71. The maximum atomic E-state index is 11.4. The van der Waals surface area contributed by atoms with Crippen molar-refractivity contribution >= 4 is 17.7 Å². The zero-order valence-electron chi connectivity index (χ0n) is 16.1. The monoisotopic (exact) mass is 339 g/mol. The van der Waals surface area contributed by atoms with Crippen LogP contribution in [-0.2, 0) is 0 Å². The molecule has 2 aromatic rings. The van der Waals surface area contributed by atoms with E-state index in [-0.39, 0.29) is 11.3 Å². The minimum atomic E-state index is -0.0389. The number of benzene rings is 2. The van der Waals surface area contributed by atoms with Gasteiger partial charge >= 0.3 is 0 Å². The zero-order valence-corrected chi connectivity index (χ0v) is 16.1. The average Bonchev–Trinajstić information content (AvgIpc) is 2.51. The van der Waals surface area contributed by atoms with E-state index in [1.165, 1.54) is 5.01 Å². The summed E-state index contributed by atoms with van der Waals surface area (Å²) >= 11 is 0. The second-order valence-electron chi connectivity index (χ2n) is 7.86. The van der Waals surface area contributed by atoms with Crippen molar-refractivity contribution in [3.05, 3.63) is 58.1 Å². The molecule has 2 aromatic carbocycles. The average molecular weight is 339 g/mol. The van der Waals surface area contributed by atoms with Crippen LogP contribution in [-0.4, -0.2) is 13.3 Å². The summed E-state index contributed by atoms with van der Waals surface area (Å²) in [5.74, 6) is 5.99. The maximum Gasteiger partial charge on any atom is 0.150 e. The van der Waals surface area contributed by atoms with Gasteiger partial charge in [0.05, 0.1) is 11.4 Å². The van der Waals surface area contributed by atoms with Gasteiger partial charge in [-0.3, -0.25) is 4.79 Å². The van der Waals surface area contributed by atoms with Crippen LogP contribution in [0.4, 0.5) is 11.4 Å². The molecule has 1 unspecified atom stereocenters. The number of nitrogens with zero attached hydrogens (tertiary/aromatic N) is 1. The first-order valence-electron chi connectivity index (χ1n) is 8.51. The summed E-state index contributed by atoms with van der Waals surface area (Å²) in [4.78, 5) is 11.4. The highest BCUT2D eigenvalue weighted by molar-refractivity contribution is 5.78. The second-order valence-corrected chi connectivity index (χ2v) is 7.86. The van der Waals surface area contributed by atoms with E-state index in [1.54, 1.807) is 7.05 Å². The van der Waals surface area contributed by atoms with Crippen LogP contribution >= 0.6 is 0 Å². The van der Waals surface area contributed by atoms with Crippen molar-refractivity contribution in [1.29, 1.82) is 0 Å². The minimum absolute atomic E-state index is 0.0389. The number of aldehydes is 1. The standard InChI is InChI=1S/C21H29N3O/c1-13-7-8-15(11-16(13)12-25)19(21(3,4)5)17-9-10-18(24(6)23)20(22)14(17)2/h7-12,19H,22-23H2,1-6H3. The molecule has 2 rings (SSSR count). The molecule has 0 spiro atoms. The normalized spacial score (nSPS) is 12.8. The molecule has 4 heteroatoms. The molecule has 0 fully saturated rings. The van der Waals surface area contributed by atoms with Gasteiger partial charge in [0.2, 0.25) is 0 Å². The van der Waals surface area contributed by atoms with E-state index in [9.17, 15) is 4.79 Å². The summed E-state index contributed by atoms with van der Waals surface area (Å²) < 4.78 is 0. The first-order chi connectivity index (χ1) is 11.6. The topological polar surface area (TPSA) is 72.3 Å². The summed E-state index contributed by atoms with van der Waals surface area (Å²) in [7, 11) is 1.78. The highest BCUT2D eigenvalue weighted by Gasteiger charge is 2.30. The Morgan fingerprint density at radius 2 is 1.76 bits per heavy atom. The molecule has 0 heterocycles. The molecule has 0 bridgehead atoms. The van der Waals surface area contributed by atoms with Gasteiger partial charge in [-0.2, -0.15) is 0 Å². The predicted octanol–water partition coefficient (Wildman–Crippen LogP) is 4.19. The van der Waals surface area contributed by atoms with Crippen LogP contribution in [0.25, 0.3) is 0 Å². The van der Waals surface area contributed by atoms with Crippen molar-refractivity contribution in [3.8, 4) is 0 Å². The van der Waals surface area contributed by atoms with Gasteiger partial charge in [-0.25, -0.2) is 5.84 Å². The fraction of sp³-hybridized carbons (Fsp3) is 0.381. The SMILES string of the molecule is Cc1ccc(C(c2ccc(N(C)N)c(N)c2C)C(C)(C)C)cc1C=O. The molecule has 0 aliphatic rings. The van der Waals surface area contributed by atoms with Crippen molar-refractivity contribution in [2.75, 3.05) is 17.8 Å². The summed E-state index contributed by atoms with van der Waals surface area (Å²) in [5.41, 5.74) is 12.8. The van der Waals surface area contributed by atoms with Gasteiger partial charge in [0.1, 0.15) is 6.29 Å². The highest BCUT2D eigenvalue weighted by Crippen LogP contribution is 2.44. The van der Waals surface area contributed by atoms with Crippen molar-refractivity contribution in [2.45, 2.75) is 40.5 Å². The molecule has 25 heavy (non-hydrogen) atoms. The van der Waals surface area contributed by atoms with Crippen molar-refractivity contribution in [3.63, 3.8) is 0 Å². The van der Waals surface area contributed by atoms with Crippen molar-refractivity contribution in [2.24, 2.45) is 11.3 Å². The molecule has 0 aliphatic carbocycles. The quantitative estimate of drug-likeness (QED) is 0.379. The van der Waals surface area contributed by atoms with Crippen LogP contribution in [0.3, 0.4) is 0 Å². The fourth-order valence-electron chi connectivity index (χ4n) is 3.46. The predicted molar refractivity (Wildman–Crippen MR) is 106 cm³/mol. The fourth-order valence-corrected chi connectivity index (χ4v) is 3.46. The molecule has 0 radical (unpaired) electrons. The van der Waals surface area contributed by atoms with E-state index in [0.717, 1.165) is 39.8 Å². The molecule has 0 saturated heterocycles. The molecular weight excluding hydrogens is 310 g/mol. The van der Waals surface area contributed by atoms with Gasteiger partial charge in [0, 0.05) is 18.5 Å². The number of hydrazine groups is 1. The number of anilines is 2. The lowest BCUT2D eigenvalue weighted by molar-refractivity contribution is 0.112. The molecule has 4 N–H and O–H groups in total. The first-order valence-corrected chi connectivity index (χ1v) is 8.51. The van der Waals surface area contributed by atoms with Gasteiger partial charge in [0.15, 0.2) is 0 Å². The third-order valence-electron chi connectivity index (χ3n) is 4.85. The Hall–Kier alpha value is -2.33. The van der Waals surface area contributed by atoms with Crippen LogP contribution in [0.15, 0.2) is 30.3 Å². The lowest BCUT2D eigenvalue weighted by Crippen LogP contribution is -2.27. The number of rotatable bonds is 4. The van der Waals surface area contributed by atoms with Gasteiger partial charge in [-0.1, -0.05) is 39.0 Å². The van der Waals surface area contributed by atoms with E-state index in [2.05, 4.69) is 32.9 Å². The van der Waals surface area contributed by atoms with E-state index in [0.29, 0.717) is 5.69 Å². The summed E-state index contributed by atoms with van der Waals surface area (Å²) in [5, 5.41) is 1.54. The number of carbonyl (C=O) groups is 1. The third kappa shape index (κ3) is 3.69. The minimum Gasteiger partial charge on any atom is -0.397 e. The first kappa shape index (κ1) is 19.0. The number of nitrogens with two attached hydrogens (primary N) is 2. The lowest BCUT2D eigenvalue weighted by Gasteiger charge is -2.34. The zero-order chi connectivity index (χ0) is 18.9. The number of hydrogen-bond acceptors (Lipinski definition) is 4. The number of nitrogen functional groups attached to an aromatic ring is 1. The van der Waals surface area contributed by atoms with Crippen LogP contribution < -0.4 is 16.6 Å². The Morgan fingerprint density at radius 1 is 1.12 bits per heavy atom. The van der Waals surface area contributed by atoms with Crippen LogP contribution in [0, 0.1) is 19.3 Å². The molecule has 1 atom stereocenters. The Balaban J connectivity index is 2.69. The number of carbonyl (C=O) groups excluding carboxylic acids is 1. The molecule has 0 saturated carbocycles. The summed E-state index contributed by atoms with van der Waals surface area (Å²) in [6, 6.07) is 10.2. The highest BCUT2D eigenvalue weighted by atomic mass is 16.1. The summed E-state index contributed by atoms with van der Waals surface area (Å²) in [6.07, 6.45) is 0.923. The molecule has 0 amide bonds. The van der Waals surface area contributed by atoms with Crippen LogP contribution in [0.2, 0.25) is 0 Å². The molecular formula is C21H29N3O. The van der Waals surface area contributed by atoms with E-state index >= 15 is 0 Å². The van der Waals surface area contributed by atoms with E-state index in [4.69, 9.17) is 11.6 Å².